The van der Waals surface area contributed by atoms with E-state index in [1.807, 2.05) is 18.2 Å². The van der Waals surface area contributed by atoms with E-state index in [2.05, 4.69) is 48.3 Å². The molecule has 1 nitrogen and oxygen atoms in total. The van der Waals surface area contributed by atoms with E-state index < -0.39 is 12.3 Å². The molecule has 0 aromatic heterocycles. The average molecular weight is 329 g/mol. The van der Waals surface area contributed by atoms with Gasteiger partial charge < -0.3 is 4.90 Å². The Kier molecular flexibility index (Phi) is 5.62. The van der Waals surface area contributed by atoms with Crippen LogP contribution in [0.25, 0.3) is 0 Å². The molecule has 0 bridgehead atoms. The van der Waals surface area contributed by atoms with Crippen LogP contribution in [0.4, 0.5) is 8.78 Å². The number of benzene rings is 2. The quantitative estimate of drug-likeness (QED) is 0.697. The molecule has 2 aromatic rings. The Bertz CT molecular complexity index is 626. The Morgan fingerprint density at radius 1 is 0.958 bits per heavy atom. The average Bonchev–Trinajstić information content (AvgIpc) is 2.61. The van der Waals surface area contributed by atoms with Crippen molar-refractivity contribution in [2.75, 3.05) is 13.6 Å². The number of alkyl halides is 2. The predicted molar refractivity (Wildman–Crippen MR) is 94.7 cm³/mol. The summed E-state index contributed by atoms with van der Waals surface area (Å²) in [6.45, 7) is 2.00. The van der Waals surface area contributed by atoms with Crippen LogP contribution < -0.4 is 0 Å². The lowest BCUT2D eigenvalue weighted by Crippen LogP contribution is -2.38. The summed E-state index contributed by atoms with van der Waals surface area (Å²) in [5.74, 6) is -0.244. The van der Waals surface area contributed by atoms with Gasteiger partial charge in [0, 0.05) is 12.5 Å². The van der Waals surface area contributed by atoms with Crippen molar-refractivity contribution in [3.63, 3.8) is 0 Å². The highest BCUT2D eigenvalue weighted by molar-refractivity contribution is 5.29. The molecule has 3 unspecified atom stereocenters. The Hall–Kier alpha value is -1.74. The Morgan fingerprint density at radius 2 is 1.67 bits per heavy atom. The second kappa shape index (κ2) is 7.89. The third-order valence-corrected chi connectivity index (χ3v) is 4.92. The minimum absolute atomic E-state index is 0.244. The first-order valence-electron chi connectivity index (χ1n) is 8.73. The highest BCUT2D eigenvalue weighted by Gasteiger charge is 2.42. The third-order valence-electron chi connectivity index (χ3n) is 4.92. The third kappa shape index (κ3) is 4.21. The molecule has 3 rings (SSSR count). The lowest BCUT2D eigenvalue weighted by Gasteiger charge is -2.34. The van der Waals surface area contributed by atoms with Gasteiger partial charge in [-0.25, -0.2) is 8.78 Å². The van der Waals surface area contributed by atoms with Crippen molar-refractivity contribution in [3.8, 4) is 0 Å². The molecular weight excluding hydrogens is 304 g/mol. The van der Waals surface area contributed by atoms with Crippen molar-refractivity contribution < 1.29 is 8.78 Å². The maximum Gasteiger partial charge on any atom is 0.138 e. The van der Waals surface area contributed by atoms with E-state index >= 15 is 0 Å². The molecule has 0 saturated heterocycles. The van der Waals surface area contributed by atoms with Crippen LogP contribution in [0.2, 0.25) is 0 Å². The molecule has 2 aromatic carbocycles. The fourth-order valence-corrected chi connectivity index (χ4v) is 3.34. The molecule has 1 saturated carbocycles. The van der Waals surface area contributed by atoms with E-state index in [-0.39, 0.29) is 5.92 Å². The van der Waals surface area contributed by atoms with Crippen LogP contribution in [0.5, 0.6) is 0 Å². The molecule has 1 aliphatic carbocycles. The van der Waals surface area contributed by atoms with Gasteiger partial charge >= 0.3 is 0 Å². The van der Waals surface area contributed by atoms with E-state index in [9.17, 15) is 8.78 Å². The fourth-order valence-electron chi connectivity index (χ4n) is 3.34. The van der Waals surface area contributed by atoms with Crippen LogP contribution in [-0.2, 0) is 13.0 Å². The number of halogens is 2. The molecule has 1 fully saturated rings. The topological polar surface area (TPSA) is 3.24 Å². The summed E-state index contributed by atoms with van der Waals surface area (Å²) in [6, 6.07) is 18.5. The zero-order valence-corrected chi connectivity index (χ0v) is 14.2. The van der Waals surface area contributed by atoms with Gasteiger partial charge in [-0.3, -0.25) is 0 Å². The first kappa shape index (κ1) is 17.1. The molecule has 0 aliphatic heterocycles. The van der Waals surface area contributed by atoms with Gasteiger partial charge in [0.15, 0.2) is 0 Å². The number of hydrogen-bond donors (Lipinski definition) is 0. The molecule has 3 atom stereocenters. The summed E-state index contributed by atoms with van der Waals surface area (Å²) >= 11 is 0. The zero-order chi connectivity index (χ0) is 16.9. The van der Waals surface area contributed by atoms with Gasteiger partial charge in [-0.1, -0.05) is 54.6 Å². The van der Waals surface area contributed by atoms with Gasteiger partial charge in [0.25, 0.3) is 0 Å². The molecule has 0 amide bonds. The van der Waals surface area contributed by atoms with Crippen molar-refractivity contribution in [3.05, 3.63) is 71.3 Å². The van der Waals surface area contributed by atoms with Crippen molar-refractivity contribution in [2.24, 2.45) is 0 Å². The fraction of sp³-hybridized carbons (Fsp3) is 0.429. The summed E-state index contributed by atoms with van der Waals surface area (Å²) in [6.07, 6.45) is -0.165. The second-order valence-corrected chi connectivity index (χ2v) is 6.87. The number of aryl methyl sites for hydroxylation is 1. The van der Waals surface area contributed by atoms with Crippen molar-refractivity contribution >= 4 is 0 Å². The molecule has 3 heteroatoms. The summed E-state index contributed by atoms with van der Waals surface area (Å²) in [7, 11) is 2.14. The minimum atomic E-state index is -1.32. The van der Waals surface area contributed by atoms with E-state index in [4.69, 9.17) is 0 Å². The van der Waals surface area contributed by atoms with Crippen molar-refractivity contribution in [1.29, 1.82) is 0 Å². The summed E-state index contributed by atoms with van der Waals surface area (Å²) in [4.78, 5) is 2.33. The van der Waals surface area contributed by atoms with Crippen LogP contribution in [0.3, 0.4) is 0 Å². The Morgan fingerprint density at radius 3 is 2.29 bits per heavy atom. The lowest BCUT2D eigenvalue weighted by molar-refractivity contribution is 0.0428. The molecule has 1 aliphatic rings. The van der Waals surface area contributed by atoms with Gasteiger partial charge in [0.05, 0.1) is 0 Å². The minimum Gasteiger partial charge on any atom is -0.302 e. The first-order chi connectivity index (χ1) is 11.6. The molecule has 0 radical (unpaired) electrons. The van der Waals surface area contributed by atoms with Crippen LogP contribution in [0.1, 0.15) is 35.4 Å². The highest BCUT2D eigenvalue weighted by Crippen LogP contribution is 2.41. The van der Waals surface area contributed by atoms with E-state index in [0.717, 1.165) is 31.5 Å². The van der Waals surface area contributed by atoms with Crippen molar-refractivity contribution in [2.45, 2.75) is 44.1 Å². The van der Waals surface area contributed by atoms with Crippen molar-refractivity contribution in [1.82, 2.24) is 4.90 Å². The molecular formula is C21H25F2N. The zero-order valence-electron chi connectivity index (χ0n) is 14.2. The van der Waals surface area contributed by atoms with Gasteiger partial charge in [0.1, 0.15) is 12.3 Å². The molecule has 0 spiro atoms. The van der Waals surface area contributed by atoms with Crippen LogP contribution in [-0.4, -0.2) is 30.8 Å². The SMILES string of the molecule is CN(CCCc1ccc(C2CC(F)C2F)cc1)Cc1ccccc1. The molecule has 128 valence electrons. The van der Waals surface area contributed by atoms with Gasteiger partial charge in [-0.05, 0) is 49.5 Å². The van der Waals surface area contributed by atoms with E-state index in [1.54, 1.807) is 0 Å². The monoisotopic (exact) mass is 329 g/mol. The maximum absolute atomic E-state index is 13.5. The number of hydrogen-bond acceptors (Lipinski definition) is 1. The van der Waals surface area contributed by atoms with Gasteiger partial charge in [-0.15, -0.1) is 0 Å². The summed E-state index contributed by atoms with van der Waals surface area (Å²) in [5.41, 5.74) is 3.52. The lowest BCUT2D eigenvalue weighted by atomic mass is 9.76. The van der Waals surface area contributed by atoms with Crippen LogP contribution >= 0.6 is 0 Å². The normalized spacial score (nSPS) is 23.2. The van der Waals surface area contributed by atoms with Gasteiger partial charge in [-0.2, -0.15) is 0 Å². The first-order valence-corrected chi connectivity index (χ1v) is 8.73. The highest BCUT2D eigenvalue weighted by atomic mass is 19.2. The largest absolute Gasteiger partial charge is 0.302 e. The Balaban J connectivity index is 1.42. The van der Waals surface area contributed by atoms with Crippen LogP contribution in [0.15, 0.2) is 54.6 Å². The standard InChI is InChI=1S/C21H25F2N/c1-24(15-17-6-3-2-4-7-17)13-5-8-16-9-11-18(12-10-16)19-14-20(22)21(19)23/h2-4,6-7,9-12,19-21H,5,8,13-15H2,1H3. The molecule has 24 heavy (non-hydrogen) atoms. The van der Waals surface area contributed by atoms with E-state index in [0.29, 0.717) is 6.42 Å². The molecule has 0 N–H and O–H groups in total. The smallest absolute Gasteiger partial charge is 0.138 e. The Labute approximate surface area is 143 Å². The summed E-state index contributed by atoms with van der Waals surface area (Å²) in [5, 5.41) is 0. The van der Waals surface area contributed by atoms with E-state index in [1.165, 1.54) is 11.1 Å². The second-order valence-electron chi connectivity index (χ2n) is 6.87. The van der Waals surface area contributed by atoms with Crippen LogP contribution in [0, 0.1) is 0 Å². The number of rotatable bonds is 7. The predicted octanol–water partition coefficient (Wildman–Crippen LogP) is 4.91. The van der Waals surface area contributed by atoms with Gasteiger partial charge in [0.2, 0.25) is 0 Å². The molecule has 0 heterocycles. The summed E-state index contributed by atoms with van der Waals surface area (Å²) < 4.78 is 26.4. The maximum atomic E-state index is 13.5. The number of nitrogens with zero attached hydrogens (tertiary/aromatic N) is 1.